The molecule has 1 aromatic heterocycles. The Morgan fingerprint density at radius 3 is 2.78 bits per heavy atom. The summed E-state index contributed by atoms with van der Waals surface area (Å²) in [5, 5.41) is 17.1. The number of nitrogens with two attached hydrogens (primary N) is 1. The van der Waals surface area contributed by atoms with Gasteiger partial charge >= 0.3 is 0 Å². The first-order chi connectivity index (χ1) is 12.9. The smallest absolute Gasteiger partial charge is 0.137 e. The number of benzene rings is 2. The lowest BCUT2D eigenvalue weighted by Crippen LogP contribution is -2.48. The highest BCUT2D eigenvalue weighted by atomic mass is 19.1. The van der Waals surface area contributed by atoms with Gasteiger partial charge in [-0.25, -0.2) is 23.9 Å². The first kappa shape index (κ1) is 17.4. The molecule has 9 heteroatoms. The molecule has 2 heterocycles. The van der Waals surface area contributed by atoms with Gasteiger partial charge in [0.25, 0.3) is 0 Å². The molecule has 3 aromatic rings. The SMILES string of the molecule is Nc1ccc2c(c1)CNN2CC(O)(Cn1cncn1)c1ccc(F)cc1F. The van der Waals surface area contributed by atoms with Crippen LogP contribution >= 0.6 is 0 Å². The summed E-state index contributed by atoms with van der Waals surface area (Å²) in [6.45, 7) is 0.482. The molecule has 140 valence electrons. The number of rotatable bonds is 5. The molecule has 0 saturated carbocycles. The minimum absolute atomic E-state index is 0.00628. The summed E-state index contributed by atoms with van der Waals surface area (Å²) in [4.78, 5) is 3.86. The predicted molar refractivity (Wildman–Crippen MR) is 95.3 cm³/mol. The van der Waals surface area contributed by atoms with Crippen LogP contribution in [0, 0.1) is 11.6 Å². The molecule has 27 heavy (non-hydrogen) atoms. The van der Waals surface area contributed by atoms with Gasteiger partial charge in [0.05, 0.1) is 18.8 Å². The molecule has 0 fully saturated rings. The number of nitrogen functional groups attached to an aromatic ring is 1. The molecular weight excluding hydrogens is 354 g/mol. The van der Waals surface area contributed by atoms with Crippen LogP contribution in [0.2, 0.25) is 0 Å². The van der Waals surface area contributed by atoms with Crippen LogP contribution in [0.5, 0.6) is 0 Å². The molecule has 1 aliphatic rings. The highest BCUT2D eigenvalue weighted by Gasteiger charge is 2.37. The summed E-state index contributed by atoms with van der Waals surface area (Å²) < 4.78 is 29.3. The van der Waals surface area contributed by atoms with Gasteiger partial charge in [-0.2, -0.15) is 5.10 Å². The van der Waals surface area contributed by atoms with Gasteiger partial charge in [0, 0.05) is 23.9 Å². The van der Waals surface area contributed by atoms with E-state index in [-0.39, 0.29) is 18.7 Å². The molecule has 4 rings (SSSR count). The largest absolute Gasteiger partial charge is 0.399 e. The van der Waals surface area contributed by atoms with Crippen molar-refractivity contribution in [1.29, 1.82) is 0 Å². The Bertz CT molecular complexity index is 964. The molecule has 0 spiro atoms. The molecule has 2 aromatic carbocycles. The van der Waals surface area contributed by atoms with Crippen LogP contribution in [0.1, 0.15) is 11.1 Å². The van der Waals surface area contributed by atoms with Crippen LogP contribution < -0.4 is 16.2 Å². The second-order valence-corrected chi connectivity index (χ2v) is 6.56. The standard InChI is InChI=1S/C18H18F2N6O/c19-13-1-3-15(16(20)6-13)18(27,8-25-11-22-10-24-25)9-26-17-4-2-14(21)5-12(17)7-23-26/h1-6,10-11,23,27H,7-9,21H2. The molecule has 0 saturated heterocycles. The van der Waals surface area contributed by atoms with Crippen LogP contribution in [0.3, 0.4) is 0 Å². The Labute approximate surface area is 154 Å². The van der Waals surface area contributed by atoms with Crippen molar-refractivity contribution < 1.29 is 13.9 Å². The van der Waals surface area contributed by atoms with Crippen LogP contribution in [0.15, 0.2) is 49.1 Å². The van der Waals surface area contributed by atoms with Gasteiger partial charge in [-0.1, -0.05) is 6.07 Å². The van der Waals surface area contributed by atoms with Crippen molar-refractivity contribution in [2.24, 2.45) is 0 Å². The third-order valence-corrected chi connectivity index (χ3v) is 4.60. The summed E-state index contributed by atoms with van der Waals surface area (Å²) in [6.07, 6.45) is 2.76. The Morgan fingerprint density at radius 1 is 1.19 bits per heavy atom. The van der Waals surface area contributed by atoms with Crippen LogP contribution in [0.25, 0.3) is 0 Å². The zero-order valence-corrected chi connectivity index (χ0v) is 14.3. The maximum Gasteiger partial charge on any atom is 0.137 e. The van der Waals surface area contributed by atoms with Gasteiger partial charge < -0.3 is 15.8 Å². The lowest BCUT2D eigenvalue weighted by Gasteiger charge is -2.34. The van der Waals surface area contributed by atoms with E-state index in [4.69, 9.17) is 5.73 Å². The number of hydrogen-bond acceptors (Lipinski definition) is 6. The van der Waals surface area contributed by atoms with Gasteiger partial charge in [0.1, 0.15) is 29.9 Å². The number of hydrazine groups is 1. The Balaban J connectivity index is 1.71. The molecular formula is C18H18F2N6O. The third kappa shape index (κ3) is 3.34. The van der Waals surface area contributed by atoms with Gasteiger partial charge in [-0.15, -0.1) is 0 Å². The molecule has 0 radical (unpaired) electrons. The van der Waals surface area contributed by atoms with E-state index in [1.165, 1.54) is 23.4 Å². The van der Waals surface area contributed by atoms with E-state index in [0.717, 1.165) is 23.4 Å². The summed E-state index contributed by atoms with van der Waals surface area (Å²) in [5.41, 5.74) is 9.71. The maximum absolute atomic E-state index is 14.5. The van der Waals surface area contributed by atoms with E-state index in [0.29, 0.717) is 12.2 Å². The number of fused-ring (bicyclic) bond motifs is 1. The second kappa shape index (κ2) is 6.60. The van der Waals surface area contributed by atoms with Crippen LogP contribution in [-0.4, -0.2) is 26.4 Å². The monoisotopic (exact) mass is 372 g/mol. The summed E-state index contributed by atoms with van der Waals surface area (Å²) in [5.74, 6) is -1.53. The van der Waals surface area contributed by atoms with Gasteiger partial charge in [0.15, 0.2) is 0 Å². The fourth-order valence-corrected chi connectivity index (χ4v) is 3.35. The highest BCUT2D eigenvalue weighted by Crippen LogP contribution is 2.33. The molecule has 0 aliphatic carbocycles. The van der Waals surface area contributed by atoms with Crippen molar-refractivity contribution in [3.8, 4) is 0 Å². The zero-order chi connectivity index (χ0) is 19.0. The lowest BCUT2D eigenvalue weighted by atomic mass is 9.92. The minimum atomic E-state index is -1.69. The highest BCUT2D eigenvalue weighted by molar-refractivity contribution is 5.61. The van der Waals surface area contributed by atoms with Crippen LogP contribution in [-0.2, 0) is 18.7 Å². The van der Waals surface area contributed by atoms with E-state index in [1.807, 2.05) is 12.1 Å². The molecule has 0 bridgehead atoms. The predicted octanol–water partition coefficient (Wildman–Crippen LogP) is 1.55. The topological polar surface area (TPSA) is 92.2 Å². The van der Waals surface area contributed by atoms with Crippen LogP contribution in [0.4, 0.5) is 20.2 Å². The van der Waals surface area contributed by atoms with Crippen molar-refractivity contribution in [2.75, 3.05) is 17.3 Å². The van der Waals surface area contributed by atoms with Gasteiger partial charge in [0.2, 0.25) is 0 Å². The van der Waals surface area contributed by atoms with Gasteiger partial charge in [-0.3, -0.25) is 0 Å². The average Bonchev–Trinajstić information content (AvgIpc) is 3.24. The number of β-amino-alcohol motifs (C(OH)–C–C–N with tert-alkyl or cyclic N) is 1. The van der Waals surface area contributed by atoms with Crippen molar-refractivity contribution >= 4 is 11.4 Å². The second-order valence-electron chi connectivity index (χ2n) is 6.56. The fraction of sp³-hybridized carbons (Fsp3) is 0.222. The molecule has 1 unspecified atom stereocenters. The first-order valence-electron chi connectivity index (χ1n) is 8.34. The fourth-order valence-electron chi connectivity index (χ4n) is 3.35. The van der Waals surface area contributed by atoms with E-state index in [1.54, 1.807) is 11.1 Å². The summed E-state index contributed by atoms with van der Waals surface area (Å²) in [6, 6.07) is 8.57. The van der Waals surface area contributed by atoms with E-state index in [9.17, 15) is 13.9 Å². The Morgan fingerprint density at radius 2 is 2.04 bits per heavy atom. The first-order valence-corrected chi connectivity index (χ1v) is 8.34. The average molecular weight is 372 g/mol. The Kier molecular flexibility index (Phi) is 4.25. The number of anilines is 2. The van der Waals surface area contributed by atoms with Crippen molar-refractivity contribution in [3.63, 3.8) is 0 Å². The molecule has 4 N–H and O–H groups in total. The van der Waals surface area contributed by atoms with Crippen molar-refractivity contribution in [3.05, 3.63) is 71.8 Å². The normalized spacial score (nSPS) is 15.6. The van der Waals surface area contributed by atoms with Crippen molar-refractivity contribution in [2.45, 2.75) is 18.7 Å². The van der Waals surface area contributed by atoms with E-state index in [2.05, 4.69) is 15.5 Å². The van der Waals surface area contributed by atoms with E-state index < -0.39 is 17.2 Å². The lowest BCUT2D eigenvalue weighted by molar-refractivity contribution is 0.0169. The van der Waals surface area contributed by atoms with Crippen molar-refractivity contribution in [1.82, 2.24) is 20.2 Å². The third-order valence-electron chi connectivity index (χ3n) is 4.60. The number of aliphatic hydroxyl groups is 1. The molecule has 1 atom stereocenters. The number of halogens is 2. The molecule has 7 nitrogen and oxygen atoms in total. The van der Waals surface area contributed by atoms with Gasteiger partial charge in [-0.05, 0) is 29.8 Å². The molecule has 0 amide bonds. The number of nitrogens with zero attached hydrogens (tertiary/aromatic N) is 4. The number of nitrogens with one attached hydrogen (secondary N) is 1. The quantitative estimate of drug-likeness (QED) is 0.589. The maximum atomic E-state index is 14.5. The number of aromatic nitrogens is 3. The van der Waals surface area contributed by atoms with E-state index >= 15 is 0 Å². The summed E-state index contributed by atoms with van der Waals surface area (Å²) >= 11 is 0. The Hall–Kier alpha value is -3.04. The number of hydrogen-bond donors (Lipinski definition) is 3. The minimum Gasteiger partial charge on any atom is -0.399 e. The zero-order valence-electron chi connectivity index (χ0n) is 14.3. The summed E-state index contributed by atoms with van der Waals surface area (Å²) in [7, 11) is 0. The molecule has 1 aliphatic heterocycles.